The lowest BCUT2D eigenvalue weighted by Gasteiger charge is -2.20. The molecule has 0 aliphatic rings. The van der Waals surface area contributed by atoms with Gasteiger partial charge < -0.3 is 15.8 Å². The highest BCUT2D eigenvalue weighted by atomic mass is 19.1. The third-order valence-electron chi connectivity index (χ3n) is 3.35. The smallest absolute Gasteiger partial charge is 0.254 e. The maximum absolute atomic E-state index is 13.0. The van der Waals surface area contributed by atoms with Gasteiger partial charge in [-0.3, -0.25) is 9.59 Å². The molecule has 3 N–H and O–H groups in total. The molecule has 2 unspecified atom stereocenters. The van der Waals surface area contributed by atoms with Crippen LogP contribution in [0.3, 0.4) is 0 Å². The lowest BCUT2D eigenvalue weighted by molar-refractivity contribution is -0.135. The number of rotatable bonds is 6. The number of ether oxygens (including phenoxy) is 1. The summed E-state index contributed by atoms with van der Waals surface area (Å²) < 4.78 is 18.2. The fourth-order valence-corrected chi connectivity index (χ4v) is 2.21. The molecule has 2 aromatic rings. The van der Waals surface area contributed by atoms with E-state index in [0.717, 1.165) is 0 Å². The summed E-state index contributed by atoms with van der Waals surface area (Å²) in [6.45, 7) is 0. The zero-order valence-electron chi connectivity index (χ0n) is 12.5. The summed E-state index contributed by atoms with van der Waals surface area (Å²) in [5.74, 6) is -1.69. The maximum Gasteiger partial charge on any atom is 0.254 e. The summed E-state index contributed by atoms with van der Waals surface area (Å²) >= 11 is 0. The Labute approximate surface area is 133 Å². The zero-order chi connectivity index (χ0) is 16.8. The zero-order valence-corrected chi connectivity index (χ0v) is 12.5. The number of benzene rings is 2. The largest absolute Gasteiger partial charge is 0.368 e. The van der Waals surface area contributed by atoms with E-state index in [9.17, 15) is 14.0 Å². The van der Waals surface area contributed by atoms with Gasteiger partial charge in [0.05, 0.1) is 0 Å². The van der Waals surface area contributed by atoms with Crippen molar-refractivity contribution in [2.24, 2.45) is 5.73 Å². The van der Waals surface area contributed by atoms with Crippen molar-refractivity contribution in [3.8, 4) is 0 Å². The number of carbonyl (C=O) groups excluding carboxylic acids is 2. The van der Waals surface area contributed by atoms with Crippen molar-refractivity contribution in [2.75, 3.05) is 7.11 Å². The number of hydrogen-bond donors (Lipinski definition) is 2. The monoisotopic (exact) mass is 316 g/mol. The molecule has 0 bridgehead atoms. The van der Waals surface area contributed by atoms with Crippen molar-refractivity contribution in [1.29, 1.82) is 0 Å². The minimum absolute atomic E-state index is 0.398. The van der Waals surface area contributed by atoms with Gasteiger partial charge in [-0.2, -0.15) is 0 Å². The molecule has 0 aromatic heterocycles. The molecular weight excluding hydrogens is 299 g/mol. The molecule has 23 heavy (non-hydrogen) atoms. The van der Waals surface area contributed by atoms with E-state index in [1.165, 1.54) is 31.4 Å². The van der Waals surface area contributed by atoms with Crippen LogP contribution in [0, 0.1) is 5.82 Å². The molecule has 0 radical (unpaired) electrons. The van der Waals surface area contributed by atoms with E-state index in [-0.39, 0.29) is 0 Å². The number of methoxy groups -OCH3 is 1. The average Bonchev–Trinajstić information content (AvgIpc) is 2.55. The number of halogens is 1. The fraction of sp³-hybridized carbons (Fsp3) is 0.176. The van der Waals surface area contributed by atoms with Crippen molar-refractivity contribution in [3.63, 3.8) is 0 Å². The highest BCUT2D eigenvalue weighted by Gasteiger charge is 2.26. The molecule has 0 aliphatic heterocycles. The van der Waals surface area contributed by atoms with Crippen molar-refractivity contribution in [2.45, 2.75) is 12.1 Å². The molecule has 2 amide bonds. The van der Waals surface area contributed by atoms with Gasteiger partial charge in [0.15, 0.2) is 6.10 Å². The first kappa shape index (κ1) is 16.6. The van der Waals surface area contributed by atoms with Crippen LogP contribution in [0.4, 0.5) is 4.39 Å². The lowest BCUT2D eigenvalue weighted by Crippen LogP contribution is -2.40. The van der Waals surface area contributed by atoms with E-state index < -0.39 is 29.8 Å². The van der Waals surface area contributed by atoms with Crippen LogP contribution in [-0.4, -0.2) is 18.9 Å². The molecule has 0 spiro atoms. The maximum atomic E-state index is 13.0. The van der Waals surface area contributed by atoms with E-state index in [1.807, 2.05) is 6.07 Å². The van der Waals surface area contributed by atoms with Crippen LogP contribution >= 0.6 is 0 Å². The topological polar surface area (TPSA) is 81.4 Å². The van der Waals surface area contributed by atoms with Crippen LogP contribution in [0.25, 0.3) is 0 Å². The standard InChI is InChI=1S/C17H17FN2O3/c1-23-15(12-5-3-2-4-6-12)17(22)20-14(16(19)21)11-7-9-13(18)10-8-11/h2-10,14-15H,1H3,(H2,19,21)(H,20,22). The molecule has 5 nitrogen and oxygen atoms in total. The molecule has 0 saturated heterocycles. The molecular formula is C17H17FN2O3. The summed E-state index contributed by atoms with van der Waals surface area (Å²) in [5, 5.41) is 2.54. The summed E-state index contributed by atoms with van der Waals surface area (Å²) in [4.78, 5) is 24.1. The number of primary amides is 1. The summed E-state index contributed by atoms with van der Waals surface area (Å²) in [6, 6.07) is 13.0. The van der Waals surface area contributed by atoms with Crippen molar-refractivity contribution in [1.82, 2.24) is 5.32 Å². The molecule has 6 heteroatoms. The molecule has 120 valence electrons. The molecule has 2 aromatic carbocycles. The Hall–Kier alpha value is -2.73. The van der Waals surface area contributed by atoms with Crippen LogP contribution in [0.2, 0.25) is 0 Å². The van der Waals surface area contributed by atoms with Gasteiger partial charge in [-0.25, -0.2) is 4.39 Å². The van der Waals surface area contributed by atoms with Crippen molar-refractivity contribution < 1.29 is 18.7 Å². The number of carbonyl (C=O) groups is 2. The van der Waals surface area contributed by atoms with Crippen molar-refractivity contribution in [3.05, 3.63) is 71.5 Å². The van der Waals surface area contributed by atoms with Gasteiger partial charge in [0.1, 0.15) is 11.9 Å². The Balaban J connectivity index is 2.20. The second-order valence-corrected chi connectivity index (χ2v) is 4.92. The lowest BCUT2D eigenvalue weighted by atomic mass is 10.0. The Morgan fingerprint density at radius 3 is 2.17 bits per heavy atom. The highest BCUT2D eigenvalue weighted by Crippen LogP contribution is 2.19. The number of amides is 2. The molecule has 0 fully saturated rings. The first-order chi connectivity index (χ1) is 11.0. The van der Waals surface area contributed by atoms with Crippen LogP contribution in [0.15, 0.2) is 54.6 Å². The van der Waals surface area contributed by atoms with E-state index in [4.69, 9.17) is 10.5 Å². The molecule has 2 atom stereocenters. The third-order valence-corrected chi connectivity index (χ3v) is 3.35. The molecule has 0 heterocycles. The van der Waals surface area contributed by atoms with Crippen LogP contribution < -0.4 is 11.1 Å². The third kappa shape index (κ3) is 4.14. The van der Waals surface area contributed by atoms with Crippen LogP contribution in [-0.2, 0) is 14.3 Å². The number of hydrogen-bond acceptors (Lipinski definition) is 3. The van der Waals surface area contributed by atoms with Gasteiger partial charge in [0.25, 0.3) is 5.91 Å². The Kier molecular flexibility index (Phi) is 5.43. The Morgan fingerprint density at radius 1 is 1.04 bits per heavy atom. The average molecular weight is 316 g/mol. The molecule has 2 rings (SSSR count). The van der Waals surface area contributed by atoms with Gasteiger partial charge in [-0.1, -0.05) is 42.5 Å². The highest BCUT2D eigenvalue weighted by molar-refractivity contribution is 5.89. The Bertz CT molecular complexity index is 674. The molecule has 0 saturated carbocycles. The minimum Gasteiger partial charge on any atom is -0.368 e. The first-order valence-corrected chi connectivity index (χ1v) is 6.96. The quantitative estimate of drug-likeness (QED) is 0.853. The first-order valence-electron chi connectivity index (χ1n) is 6.96. The minimum atomic E-state index is -1.07. The van der Waals surface area contributed by atoms with E-state index in [0.29, 0.717) is 11.1 Å². The second kappa shape index (κ2) is 7.51. The Morgan fingerprint density at radius 2 is 1.65 bits per heavy atom. The predicted octanol–water partition coefficient (Wildman–Crippen LogP) is 1.86. The van der Waals surface area contributed by atoms with Crippen molar-refractivity contribution >= 4 is 11.8 Å². The van der Waals surface area contributed by atoms with Crippen LogP contribution in [0.1, 0.15) is 23.3 Å². The fourth-order valence-electron chi connectivity index (χ4n) is 2.21. The predicted molar refractivity (Wildman–Crippen MR) is 82.7 cm³/mol. The van der Waals surface area contributed by atoms with Gasteiger partial charge in [0.2, 0.25) is 5.91 Å². The van der Waals surface area contributed by atoms with Gasteiger partial charge in [-0.05, 0) is 23.3 Å². The van der Waals surface area contributed by atoms with E-state index in [2.05, 4.69) is 5.32 Å². The normalized spacial score (nSPS) is 13.1. The van der Waals surface area contributed by atoms with Crippen LogP contribution in [0.5, 0.6) is 0 Å². The van der Waals surface area contributed by atoms with E-state index >= 15 is 0 Å². The molecule has 0 aliphatic carbocycles. The summed E-state index contributed by atoms with van der Waals surface area (Å²) in [6.07, 6.45) is -0.876. The summed E-state index contributed by atoms with van der Waals surface area (Å²) in [5.41, 5.74) is 6.39. The number of nitrogens with two attached hydrogens (primary N) is 1. The summed E-state index contributed by atoms with van der Waals surface area (Å²) in [7, 11) is 1.40. The van der Waals surface area contributed by atoms with E-state index in [1.54, 1.807) is 24.3 Å². The van der Waals surface area contributed by atoms with Gasteiger partial charge in [-0.15, -0.1) is 0 Å². The van der Waals surface area contributed by atoms with Gasteiger partial charge in [0, 0.05) is 7.11 Å². The SMILES string of the molecule is COC(C(=O)NC(C(N)=O)c1ccc(F)cc1)c1ccccc1. The second-order valence-electron chi connectivity index (χ2n) is 4.92. The van der Waals surface area contributed by atoms with Gasteiger partial charge >= 0.3 is 0 Å². The number of nitrogens with one attached hydrogen (secondary N) is 1.